The summed E-state index contributed by atoms with van der Waals surface area (Å²) in [4.78, 5) is 12.6. The van der Waals surface area contributed by atoms with E-state index in [1.807, 2.05) is 13.8 Å². The van der Waals surface area contributed by atoms with Gasteiger partial charge in [-0.15, -0.1) is 0 Å². The van der Waals surface area contributed by atoms with E-state index in [1.165, 1.54) is 0 Å². The monoisotopic (exact) mass is 245 g/mol. The first kappa shape index (κ1) is 16.4. The maximum absolute atomic E-state index is 11.0. The molecule has 0 heterocycles. The molecule has 0 aliphatic rings. The van der Waals surface area contributed by atoms with Crippen LogP contribution in [0.25, 0.3) is 0 Å². The molecule has 0 bridgehead atoms. The lowest BCUT2D eigenvalue weighted by atomic mass is 10.3. The molecule has 0 radical (unpaired) electrons. The Hall–Kier alpha value is -0.610. The van der Waals surface area contributed by atoms with Crippen molar-refractivity contribution in [2.75, 3.05) is 13.2 Å². The van der Waals surface area contributed by atoms with Crippen LogP contribution in [-0.4, -0.2) is 37.0 Å². The van der Waals surface area contributed by atoms with Crippen molar-refractivity contribution in [3.05, 3.63) is 0 Å². The highest BCUT2D eigenvalue weighted by molar-refractivity contribution is 5.47. The molecule has 0 spiro atoms. The molecule has 1 amide bonds. The van der Waals surface area contributed by atoms with Crippen molar-refractivity contribution in [1.82, 2.24) is 4.90 Å². The van der Waals surface area contributed by atoms with E-state index in [-0.39, 0.29) is 12.5 Å². The lowest BCUT2D eigenvalue weighted by Gasteiger charge is -2.30. The van der Waals surface area contributed by atoms with Crippen LogP contribution in [0.1, 0.15) is 53.4 Å². The van der Waals surface area contributed by atoms with E-state index in [2.05, 4.69) is 13.8 Å². The molecule has 0 saturated carbocycles. The number of amides is 1. The van der Waals surface area contributed by atoms with Gasteiger partial charge in [0.25, 0.3) is 0 Å². The highest BCUT2D eigenvalue weighted by Crippen LogP contribution is 2.07. The number of nitrogens with zero attached hydrogens (tertiary/aromatic N) is 1. The molecule has 0 aliphatic heterocycles. The van der Waals surface area contributed by atoms with Crippen molar-refractivity contribution in [2.24, 2.45) is 0 Å². The maximum atomic E-state index is 11.0. The van der Waals surface area contributed by atoms with Gasteiger partial charge < -0.3 is 9.47 Å². The number of hydrogen-bond donors (Lipinski definition) is 0. The second-order valence-electron chi connectivity index (χ2n) is 4.20. The molecule has 0 N–H and O–H groups in total. The highest BCUT2D eigenvalue weighted by Gasteiger charge is 2.18. The minimum Gasteiger partial charge on any atom is -0.359 e. The Balaban J connectivity index is 3.96. The number of carbonyl (C=O) groups excluding carboxylic acids is 1. The maximum Gasteiger partial charge on any atom is 0.213 e. The average Bonchev–Trinajstić information content (AvgIpc) is 2.30. The Morgan fingerprint density at radius 1 is 1.00 bits per heavy atom. The molecule has 0 aliphatic carbocycles. The zero-order valence-electron chi connectivity index (χ0n) is 11.6. The van der Waals surface area contributed by atoms with E-state index in [9.17, 15) is 4.79 Å². The van der Waals surface area contributed by atoms with Crippen LogP contribution in [0.3, 0.4) is 0 Å². The predicted octanol–water partition coefficient (Wildman–Crippen LogP) is 2.77. The van der Waals surface area contributed by atoms with Gasteiger partial charge in [0.2, 0.25) is 6.41 Å². The van der Waals surface area contributed by atoms with Crippen LogP contribution in [0.5, 0.6) is 0 Å². The molecule has 2 atom stereocenters. The second-order valence-corrected chi connectivity index (χ2v) is 4.20. The third-order valence-electron chi connectivity index (χ3n) is 2.68. The molecule has 0 fully saturated rings. The summed E-state index contributed by atoms with van der Waals surface area (Å²) in [5.74, 6) is 0. The van der Waals surface area contributed by atoms with Gasteiger partial charge in [0, 0.05) is 13.2 Å². The molecular formula is C13H27NO3. The molecule has 4 heteroatoms. The molecule has 0 aromatic carbocycles. The summed E-state index contributed by atoms with van der Waals surface area (Å²) in [6.07, 6.45) is 4.57. The van der Waals surface area contributed by atoms with Crippen molar-refractivity contribution in [3.8, 4) is 0 Å². The zero-order valence-corrected chi connectivity index (χ0v) is 11.6. The molecule has 0 rings (SSSR count). The Morgan fingerprint density at radius 2 is 1.41 bits per heavy atom. The molecule has 2 unspecified atom stereocenters. The summed E-state index contributed by atoms with van der Waals surface area (Å²) in [5, 5.41) is 0. The summed E-state index contributed by atoms with van der Waals surface area (Å²) in [7, 11) is 0. The van der Waals surface area contributed by atoms with E-state index >= 15 is 0 Å². The van der Waals surface area contributed by atoms with Crippen molar-refractivity contribution >= 4 is 6.41 Å². The summed E-state index contributed by atoms with van der Waals surface area (Å²) >= 11 is 0. The third kappa shape index (κ3) is 7.34. The summed E-state index contributed by atoms with van der Waals surface area (Å²) in [6.45, 7) is 9.35. The fourth-order valence-corrected chi connectivity index (χ4v) is 1.44. The third-order valence-corrected chi connectivity index (χ3v) is 2.68. The number of rotatable bonds is 11. The Bertz CT molecular complexity index is 172. The fraction of sp³-hybridized carbons (Fsp3) is 0.923. The van der Waals surface area contributed by atoms with Crippen molar-refractivity contribution in [2.45, 2.75) is 65.8 Å². The normalized spacial score (nSPS) is 14.4. The first-order valence-corrected chi connectivity index (χ1v) is 6.63. The predicted molar refractivity (Wildman–Crippen MR) is 68.5 cm³/mol. The first-order chi connectivity index (χ1) is 8.17. The molecule has 0 aromatic heterocycles. The standard InChI is InChI=1S/C13H27NO3/c1-5-7-9-16-12(3)14(11-15)13(4)17-10-8-6-2/h11-13H,5-10H2,1-4H3. The topological polar surface area (TPSA) is 38.8 Å². The minimum atomic E-state index is -0.226. The van der Waals surface area contributed by atoms with Crippen molar-refractivity contribution in [1.29, 1.82) is 0 Å². The largest absolute Gasteiger partial charge is 0.359 e. The fourth-order valence-electron chi connectivity index (χ4n) is 1.44. The van der Waals surface area contributed by atoms with Crippen LogP contribution in [0.2, 0.25) is 0 Å². The van der Waals surface area contributed by atoms with Crippen LogP contribution in [0, 0.1) is 0 Å². The summed E-state index contributed by atoms with van der Waals surface area (Å²) in [5.41, 5.74) is 0. The Morgan fingerprint density at radius 3 is 1.71 bits per heavy atom. The van der Waals surface area contributed by atoms with Gasteiger partial charge in [-0.2, -0.15) is 0 Å². The van der Waals surface area contributed by atoms with Gasteiger partial charge in [0.15, 0.2) is 0 Å². The molecule has 17 heavy (non-hydrogen) atoms. The second kappa shape index (κ2) is 10.5. The first-order valence-electron chi connectivity index (χ1n) is 6.63. The van der Waals surface area contributed by atoms with Gasteiger partial charge in [-0.05, 0) is 26.7 Å². The van der Waals surface area contributed by atoms with E-state index in [0.717, 1.165) is 32.1 Å². The van der Waals surface area contributed by atoms with Gasteiger partial charge in [-0.3, -0.25) is 9.69 Å². The zero-order chi connectivity index (χ0) is 13.1. The van der Waals surface area contributed by atoms with Gasteiger partial charge in [-0.25, -0.2) is 0 Å². The summed E-state index contributed by atoms with van der Waals surface area (Å²) in [6, 6.07) is 0. The van der Waals surface area contributed by atoms with Gasteiger partial charge in [0.05, 0.1) is 0 Å². The molecule has 0 aromatic rings. The Kier molecular flexibility index (Phi) is 10.2. The van der Waals surface area contributed by atoms with Gasteiger partial charge in [-0.1, -0.05) is 26.7 Å². The lowest BCUT2D eigenvalue weighted by molar-refractivity contribution is -0.159. The van der Waals surface area contributed by atoms with E-state index in [0.29, 0.717) is 13.2 Å². The lowest BCUT2D eigenvalue weighted by Crippen LogP contribution is -2.42. The number of unbranched alkanes of at least 4 members (excludes halogenated alkanes) is 2. The highest BCUT2D eigenvalue weighted by atomic mass is 16.5. The SMILES string of the molecule is CCCCOC(C)N(C=O)C(C)OCCCC. The number of hydrogen-bond acceptors (Lipinski definition) is 3. The van der Waals surface area contributed by atoms with E-state index < -0.39 is 0 Å². The van der Waals surface area contributed by atoms with Gasteiger partial charge in [0.1, 0.15) is 12.5 Å². The smallest absolute Gasteiger partial charge is 0.213 e. The quantitative estimate of drug-likeness (QED) is 0.319. The minimum absolute atomic E-state index is 0.226. The Labute approximate surface area is 105 Å². The summed E-state index contributed by atoms with van der Waals surface area (Å²) < 4.78 is 11.2. The van der Waals surface area contributed by atoms with Gasteiger partial charge >= 0.3 is 0 Å². The van der Waals surface area contributed by atoms with Crippen LogP contribution >= 0.6 is 0 Å². The molecule has 4 nitrogen and oxygen atoms in total. The van der Waals surface area contributed by atoms with Crippen LogP contribution in [-0.2, 0) is 14.3 Å². The van der Waals surface area contributed by atoms with E-state index in [4.69, 9.17) is 9.47 Å². The molecule has 0 saturated heterocycles. The van der Waals surface area contributed by atoms with Crippen LogP contribution in [0.15, 0.2) is 0 Å². The van der Waals surface area contributed by atoms with Crippen LogP contribution in [0.4, 0.5) is 0 Å². The number of carbonyl (C=O) groups is 1. The van der Waals surface area contributed by atoms with Crippen LogP contribution < -0.4 is 0 Å². The number of ether oxygens (including phenoxy) is 2. The van der Waals surface area contributed by atoms with Crippen molar-refractivity contribution < 1.29 is 14.3 Å². The molecule has 102 valence electrons. The molecular weight excluding hydrogens is 218 g/mol. The van der Waals surface area contributed by atoms with Crippen molar-refractivity contribution in [3.63, 3.8) is 0 Å². The van der Waals surface area contributed by atoms with E-state index in [1.54, 1.807) is 4.90 Å². The average molecular weight is 245 g/mol.